The Hall–Kier alpha value is -1.13. The zero-order valence-electron chi connectivity index (χ0n) is 11.2. The Morgan fingerprint density at radius 3 is 2.58 bits per heavy atom. The number of anilines is 1. The lowest BCUT2D eigenvalue weighted by Gasteiger charge is -2.36. The number of hydrogen-bond acceptors (Lipinski definition) is 3. The maximum absolute atomic E-state index is 13.3. The van der Waals surface area contributed by atoms with Crippen LogP contribution in [-0.4, -0.2) is 25.0 Å². The summed E-state index contributed by atoms with van der Waals surface area (Å²) in [6, 6.07) is 5.25. The molecule has 0 amide bonds. The molecule has 0 unspecified atom stereocenters. The Morgan fingerprint density at radius 1 is 1.21 bits per heavy atom. The zero-order chi connectivity index (χ0) is 13.3. The minimum Gasteiger partial charge on any atom is -0.382 e. The van der Waals surface area contributed by atoms with E-state index in [0.717, 1.165) is 36.9 Å². The van der Waals surface area contributed by atoms with Gasteiger partial charge < -0.3 is 14.8 Å². The van der Waals surface area contributed by atoms with E-state index in [1.54, 1.807) is 6.07 Å². The van der Waals surface area contributed by atoms with Crippen LogP contribution in [0.15, 0.2) is 18.2 Å². The summed E-state index contributed by atoms with van der Waals surface area (Å²) in [5.74, 6) is -0.516. The van der Waals surface area contributed by atoms with Crippen LogP contribution in [0.2, 0.25) is 0 Å². The van der Waals surface area contributed by atoms with Crippen LogP contribution in [0.4, 0.5) is 10.1 Å². The van der Waals surface area contributed by atoms with Crippen LogP contribution in [0, 0.1) is 12.7 Å². The molecule has 19 heavy (non-hydrogen) atoms. The van der Waals surface area contributed by atoms with Crippen LogP contribution in [0.5, 0.6) is 0 Å². The topological polar surface area (TPSA) is 30.5 Å². The molecule has 3 rings (SSSR count). The van der Waals surface area contributed by atoms with E-state index in [-0.39, 0.29) is 11.6 Å². The summed E-state index contributed by atoms with van der Waals surface area (Å²) in [4.78, 5) is 0. The molecule has 1 N–H and O–H groups in total. The Morgan fingerprint density at radius 2 is 1.89 bits per heavy atom. The Bertz CT molecular complexity index is 447. The maximum Gasteiger partial charge on any atom is 0.168 e. The maximum atomic E-state index is 13.3. The van der Waals surface area contributed by atoms with Crippen molar-refractivity contribution in [2.45, 2.75) is 44.4 Å². The van der Waals surface area contributed by atoms with Crippen LogP contribution in [0.25, 0.3) is 0 Å². The number of benzene rings is 1. The van der Waals surface area contributed by atoms with E-state index in [0.29, 0.717) is 19.3 Å². The molecule has 1 aliphatic carbocycles. The Kier molecular flexibility index (Phi) is 3.46. The standard InChI is InChI=1S/C15H20FNO2/c1-11-2-3-12(16)10-14(11)17-13-4-6-15(7-5-13)18-8-9-19-15/h2-3,10,13,17H,4-9H2,1H3. The third-order valence-corrected chi connectivity index (χ3v) is 4.12. The molecule has 1 saturated carbocycles. The van der Waals surface area contributed by atoms with Gasteiger partial charge in [0.15, 0.2) is 5.79 Å². The largest absolute Gasteiger partial charge is 0.382 e. The Labute approximate surface area is 113 Å². The number of hydrogen-bond donors (Lipinski definition) is 1. The molecule has 1 aliphatic heterocycles. The van der Waals surface area contributed by atoms with Gasteiger partial charge in [0, 0.05) is 24.6 Å². The minimum absolute atomic E-state index is 0.192. The van der Waals surface area contributed by atoms with E-state index in [1.165, 1.54) is 6.07 Å². The smallest absolute Gasteiger partial charge is 0.168 e. The zero-order valence-corrected chi connectivity index (χ0v) is 11.2. The third-order valence-electron chi connectivity index (χ3n) is 4.12. The van der Waals surface area contributed by atoms with Gasteiger partial charge >= 0.3 is 0 Å². The quantitative estimate of drug-likeness (QED) is 0.890. The first-order valence-corrected chi connectivity index (χ1v) is 6.97. The van der Waals surface area contributed by atoms with Crippen molar-refractivity contribution in [2.75, 3.05) is 18.5 Å². The van der Waals surface area contributed by atoms with Crippen molar-refractivity contribution >= 4 is 5.69 Å². The SMILES string of the molecule is Cc1ccc(F)cc1NC1CCC2(CC1)OCCO2. The first kappa shape index (κ1) is 12.9. The second-order valence-electron chi connectivity index (χ2n) is 5.49. The molecule has 2 aliphatic rings. The van der Waals surface area contributed by atoms with E-state index in [4.69, 9.17) is 9.47 Å². The monoisotopic (exact) mass is 265 g/mol. The molecule has 4 heteroatoms. The van der Waals surface area contributed by atoms with Gasteiger partial charge in [-0.15, -0.1) is 0 Å². The fourth-order valence-corrected chi connectivity index (χ4v) is 2.96. The van der Waals surface area contributed by atoms with Crippen LogP contribution in [-0.2, 0) is 9.47 Å². The average Bonchev–Trinajstić information content (AvgIpc) is 2.85. The van der Waals surface area contributed by atoms with Gasteiger partial charge in [0.05, 0.1) is 13.2 Å². The molecule has 0 atom stereocenters. The number of nitrogens with one attached hydrogen (secondary N) is 1. The highest BCUT2D eigenvalue weighted by Crippen LogP contribution is 2.36. The first-order valence-electron chi connectivity index (χ1n) is 6.97. The van der Waals surface area contributed by atoms with Crippen molar-refractivity contribution in [3.63, 3.8) is 0 Å². The van der Waals surface area contributed by atoms with Crippen molar-refractivity contribution in [1.29, 1.82) is 0 Å². The van der Waals surface area contributed by atoms with Crippen molar-refractivity contribution in [1.82, 2.24) is 0 Å². The van der Waals surface area contributed by atoms with Crippen molar-refractivity contribution in [3.05, 3.63) is 29.6 Å². The molecule has 0 radical (unpaired) electrons. The molecule has 1 spiro atoms. The summed E-state index contributed by atoms with van der Waals surface area (Å²) in [6.45, 7) is 3.41. The molecule has 3 nitrogen and oxygen atoms in total. The van der Waals surface area contributed by atoms with E-state index in [1.807, 2.05) is 13.0 Å². The third kappa shape index (κ3) is 2.74. The second kappa shape index (κ2) is 5.10. The molecule has 1 heterocycles. The molecule has 2 fully saturated rings. The molecule has 1 aromatic rings. The minimum atomic E-state index is -0.324. The van der Waals surface area contributed by atoms with E-state index < -0.39 is 0 Å². The van der Waals surface area contributed by atoms with Crippen LogP contribution < -0.4 is 5.32 Å². The van der Waals surface area contributed by atoms with Crippen molar-refractivity contribution in [2.24, 2.45) is 0 Å². The molecule has 0 bridgehead atoms. The average molecular weight is 265 g/mol. The molecule has 104 valence electrons. The number of ether oxygens (including phenoxy) is 2. The van der Waals surface area contributed by atoms with E-state index in [9.17, 15) is 4.39 Å². The lowest BCUT2D eigenvalue weighted by atomic mass is 9.89. The number of rotatable bonds is 2. The lowest BCUT2D eigenvalue weighted by molar-refractivity contribution is -0.177. The molecular formula is C15H20FNO2. The summed E-state index contributed by atoms with van der Waals surface area (Å²) in [7, 11) is 0. The Balaban J connectivity index is 1.61. The van der Waals surface area contributed by atoms with Crippen LogP contribution in [0.1, 0.15) is 31.2 Å². The van der Waals surface area contributed by atoms with Crippen LogP contribution in [0.3, 0.4) is 0 Å². The first-order chi connectivity index (χ1) is 9.17. The van der Waals surface area contributed by atoms with Gasteiger partial charge in [-0.1, -0.05) is 6.07 Å². The number of halogens is 1. The van der Waals surface area contributed by atoms with Gasteiger partial charge in [-0.2, -0.15) is 0 Å². The summed E-state index contributed by atoms with van der Waals surface area (Å²) in [5, 5.41) is 3.45. The van der Waals surface area contributed by atoms with Gasteiger partial charge in [-0.3, -0.25) is 0 Å². The summed E-state index contributed by atoms with van der Waals surface area (Å²) >= 11 is 0. The van der Waals surface area contributed by atoms with Gasteiger partial charge in [0.25, 0.3) is 0 Å². The fraction of sp³-hybridized carbons (Fsp3) is 0.600. The summed E-state index contributed by atoms with van der Waals surface area (Å²) in [6.07, 6.45) is 3.82. The van der Waals surface area contributed by atoms with Gasteiger partial charge in [0.1, 0.15) is 5.82 Å². The molecule has 1 aromatic carbocycles. The van der Waals surface area contributed by atoms with E-state index >= 15 is 0 Å². The number of aryl methyl sites for hydroxylation is 1. The lowest BCUT2D eigenvalue weighted by Crippen LogP contribution is -2.39. The molecule has 0 aromatic heterocycles. The highest BCUT2D eigenvalue weighted by molar-refractivity contribution is 5.51. The predicted octanol–water partition coefficient (Wildman–Crippen LogP) is 3.23. The second-order valence-corrected chi connectivity index (χ2v) is 5.49. The van der Waals surface area contributed by atoms with Gasteiger partial charge in [-0.25, -0.2) is 4.39 Å². The summed E-state index contributed by atoms with van der Waals surface area (Å²) in [5.41, 5.74) is 1.98. The van der Waals surface area contributed by atoms with Gasteiger partial charge in [-0.05, 0) is 37.5 Å². The highest BCUT2D eigenvalue weighted by atomic mass is 19.1. The fourth-order valence-electron chi connectivity index (χ4n) is 2.96. The van der Waals surface area contributed by atoms with E-state index in [2.05, 4.69) is 5.32 Å². The predicted molar refractivity (Wildman–Crippen MR) is 71.7 cm³/mol. The van der Waals surface area contributed by atoms with Crippen molar-refractivity contribution < 1.29 is 13.9 Å². The highest BCUT2D eigenvalue weighted by Gasteiger charge is 2.40. The molecule has 1 saturated heterocycles. The van der Waals surface area contributed by atoms with Crippen LogP contribution >= 0.6 is 0 Å². The normalized spacial score (nSPS) is 22.8. The summed E-state index contributed by atoms with van der Waals surface area (Å²) < 4.78 is 24.7. The van der Waals surface area contributed by atoms with Crippen molar-refractivity contribution in [3.8, 4) is 0 Å². The molecular weight excluding hydrogens is 245 g/mol. The van der Waals surface area contributed by atoms with Gasteiger partial charge in [0.2, 0.25) is 0 Å².